The molecule has 1 amide bonds. The zero-order chi connectivity index (χ0) is 17.1. The van der Waals surface area contributed by atoms with Gasteiger partial charge in [-0.15, -0.1) is 11.3 Å². The number of ether oxygens (including phenoxy) is 1. The number of thiophene rings is 1. The van der Waals surface area contributed by atoms with Crippen LogP contribution in [0, 0.1) is 19.3 Å². The Labute approximate surface area is 137 Å². The van der Waals surface area contributed by atoms with Crippen LogP contribution in [0.4, 0.5) is 0 Å². The number of esters is 1. The van der Waals surface area contributed by atoms with Gasteiger partial charge in [0.1, 0.15) is 0 Å². The molecular formula is C17H27NO3S. The Bertz CT molecular complexity index is 553. The Morgan fingerprint density at radius 3 is 2.23 bits per heavy atom. The normalized spacial score (nSPS) is 12.1. The smallest absolute Gasteiger partial charge is 0.339 e. The van der Waals surface area contributed by atoms with Crippen molar-refractivity contribution in [1.82, 2.24) is 5.32 Å². The molecule has 124 valence electrons. The highest BCUT2D eigenvalue weighted by molar-refractivity contribution is 7.12. The molecule has 22 heavy (non-hydrogen) atoms. The summed E-state index contributed by atoms with van der Waals surface area (Å²) in [5.74, 6) is -0.710. The molecular weight excluding hydrogens is 298 g/mol. The first kappa shape index (κ1) is 18.7. The molecule has 0 aliphatic carbocycles. The van der Waals surface area contributed by atoms with Crippen LogP contribution in [0.15, 0.2) is 6.07 Å². The molecule has 1 aromatic heterocycles. The van der Waals surface area contributed by atoms with Crippen LogP contribution in [0.25, 0.3) is 0 Å². The van der Waals surface area contributed by atoms with E-state index in [1.807, 2.05) is 27.7 Å². The average molecular weight is 325 g/mol. The molecule has 0 fully saturated rings. The largest absolute Gasteiger partial charge is 0.452 e. The fourth-order valence-corrected chi connectivity index (χ4v) is 3.74. The Kier molecular flexibility index (Phi) is 5.79. The number of aryl methyl sites for hydroxylation is 2. The van der Waals surface area contributed by atoms with E-state index in [1.54, 1.807) is 17.4 Å². The van der Waals surface area contributed by atoms with Crippen LogP contribution < -0.4 is 5.32 Å². The summed E-state index contributed by atoms with van der Waals surface area (Å²) in [5.41, 5.74) is 0.319. The van der Waals surface area contributed by atoms with Gasteiger partial charge in [-0.05, 0) is 45.6 Å². The molecule has 0 aromatic carbocycles. The first-order valence-corrected chi connectivity index (χ1v) is 8.26. The van der Waals surface area contributed by atoms with Gasteiger partial charge in [0.25, 0.3) is 5.91 Å². The number of nitrogens with one attached hydrogen (secondary N) is 1. The van der Waals surface area contributed by atoms with Gasteiger partial charge in [-0.1, -0.05) is 20.8 Å². The van der Waals surface area contributed by atoms with E-state index >= 15 is 0 Å². The van der Waals surface area contributed by atoms with Crippen molar-refractivity contribution in [1.29, 1.82) is 0 Å². The maximum atomic E-state index is 12.0. The maximum absolute atomic E-state index is 12.0. The van der Waals surface area contributed by atoms with E-state index in [2.05, 4.69) is 26.1 Å². The van der Waals surface area contributed by atoms with Crippen molar-refractivity contribution in [2.24, 2.45) is 5.41 Å². The topological polar surface area (TPSA) is 55.4 Å². The zero-order valence-electron chi connectivity index (χ0n) is 14.6. The number of carbonyl (C=O) groups is 2. The monoisotopic (exact) mass is 325 g/mol. The Morgan fingerprint density at radius 1 is 1.18 bits per heavy atom. The molecule has 5 heteroatoms. The molecule has 4 nitrogen and oxygen atoms in total. The highest BCUT2D eigenvalue weighted by Crippen LogP contribution is 2.26. The standard InChI is InChI=1S/C17H27NO3S/c1-11-8-13(12(2)22-11)15(20)21-9-14(19)18-17(6,7)10-16(3,4)5/h8H,9-10H2,1-7H3,(H,18,19). The van der Waals surface area contributed by atoms with Crippen LogP contribution in [0.2, 0.25) is 0 Å². The van der Waals surface area contributed by atoms with Crippen molar-refractivity contribution in [2.75, 3.05) is 6.61 Å². The summed E-state index contributed by atoms with van der Waals surface area (Å²) in [6, 6.07) is 1.80. The number of hydrogen-bond donors (Lipinski definition) is 1. The lowest BCUT2D eigenvalue weighted by molar-refractivity contribution is -0.126. The summed E-state index contributed by atoms with van der Waals surface area (Å²) in [4.78, 5) is 25.9. The van der Waals surface area contributed by atoms with Gasteiger partial charge in [0.2, 0.25) is 0 Å². The molecule has 1 aromatic rings. The van der Waals surface area contributed by atoms with Gasteiger partial charge < -0.3 is 10.1 Å². The molecule has 0 aliphatic heterocycles. The van der Waals surface area contributed by atoms with Gasteiger partial charge in [0.05, 0.1) is 5.56 Å². The molecule has 0 radical (unpaired) electrons. The molecule has 0 aliphatic rings. The van der Waals surface area contributed by atoms with E-state index in [1.165, 1.54) is 0 Å². The van der Waals surface area contributed by atoms with E-state index in [4.69, 9.17) is 4.74 Å². The average Bonchev–Trinajstić information content (AvgIpc) is 2.61. The fraction of sp³-hybridized carbons (Fsp3) is 0.647. The first-order valence-electron chi connectivity index (χ1n) is 7.45. The molecule has 0 unspecified atom stereocenters. The van der Waals surface area contributed by atoms with Crippen molar-refractivity contribution >= 4 is 23.2 Å². The second-order valence-electron chi connectivity index (χ2n) is 7.57. The maximum Gasteiger partial charge on any atom is 0.339 e. The third kappa shape index (κ3) is 6.18. The number of rotatable bonds is 5. The molecule has 0 atom stereocenters. The molecule has 0 saturated heterocycles. The van der Waals surface area contributed by atoms with Crippen molar-refractivity contribution < 1.29 is 14.3 Å². The van der Waals surface area contributed by atoms with Gasteiger partial charge in [-0.2, -0.15) is 0 Å². The summed E-state index contributed by atoms with van der Waals surface area (Å²) in [6.45, 7) is 13.9. The lowest BCUT2D eigenvalue weighted by atomic mass is 9.82. The Morgan fingerprint density at radius 2 is 1.77 bits per heavy atom. The fourth-order valence-electron chi connectivity index (χ4n) is 2.83. The predicted molar refractivity (Wildman–Crippen MR) is 90.4 cm³/mol. The molecule has 1 N–H and O–H groups in total. The predicted octanol–water partition coefficient (Wildman–Crippen LogP) is 3.85. The van der Waals surface area contributed by atoms with Crippen molar-refractivity contribution in [2.45, 2.75) is 60.4 Å². The third-order valence-electron chi connectivity index (χ3n) is 3.05. The second kappa shape index (κ2) is 6.82. The van der Waals surface area contributed by atoms with Gasteiger partial charge >= 0.3 is 5.97 Å². The van der Waals surface area contributed by atoms with Crippen molar-refractivity contribution in [3.63, 3.8) is 0 Å². The Hall–Kier alpha value is -1.36. The summed E-state index contributed by atoms with van der Waals surface area (Å²) < 4.78 is 5.12. The van der Waals surface area contributed by atoms with Crippen LogP contribution in [-0.2, 0) is 9.53 Å². The van der Waals surface area contributed by atoms with Crippen LogP contribution in [0.1, 0.15) is 61.2 Å². The number of hydrogen-bond acceptors (Lipinski definition) is 4. The van der Waals surface area contributed by atoms with E-state index in [0.717, 1.165) is 16.2 Å². The minimum Gasteiger partial charge on any atom is -0.452 e. The zero-order valence-corrected chi connectivity index (χ0v) is 15.4. The van der Waals surface area contributed by atoms with E-state index in [9.17, 15) is 9.59 Å². The van der Waals surface area contributed by atoms with Crippen LogP contribution in [0.5, 0.6) is 0 Å². The highest BCUT2D eigenvalue weighted by atomic mass is 32.1. The van der Waals surface area contributed by atoms with Gasteiger partial charge in [-0.25, -0.2) is 4.79 Å². The summed E-state index contributed by atoms with van der Waals surface area (Å²) in [5, 5.41) is 2.93. The first-order chi connectivity index (χ1) is 9.89. The highest BCUT2D eigenvalue weighted by Gasteiger charge is 2.27. The summed E-state index contributed by atoms with van der Waals surface area (Å²) in [6.07, 6.45) is 0.836. The number of carbonyl (C=O) groups excluding carboxylic acids is 2. The molecule has 0 saturated carbocycles. The molecule has 0 bridgehead atoms. The van der Waals surface area contributed by atoms with E-state index in [-0.39, 0.29) is 23.5 Å². The SMILES string of the molecule is Cc1cc(C(=O)OCC(=O)NC(C)(C)CC(C)(C)C)c(C)s1. The van der Waals surface area contributed by atoms with E-state index in [0.29, 0.717) is 5.56 Å². The van der Waals surface area contributed by atoms with Gasteiger partial charge in [-0.3, -0.25) is 4.79 Å². The van der Waals surface area contributed by atoms with Gasteiger partial charge in [0, 0.05) is 15.3 Å². The van der Waals surface area contributed by atoms with E-state index < -0.39 is 5.97 Å². The van der Waals surface area contributed by atoms with Crippen LogP contribution in [0.3, 0.4) is 0 Å². The van der Waals surface area contributed by atoms with Gasteiger partial charge in [0.15, 0.2) is 6.61 Å². The minimum atomic E-state index is -0.439. The van der Waals surface area contributed by atoms with Crippen LogP contribution >= 0.6 is 11.3 Å². The summed E-state index contributed by atoms with van der Waals surface area (Å²) in [7, 11) is 0. The quantitative estimate of drug-likeness (QED) is 0.837. The van der Waals surface area contributed by atoms with Crippen molar-refractivity contribution in [3.8, 4) is 0 Å². The molecule has 0 spiro atoms. The van der Waals surface area contributed by atoms with Crippen molar-refractivity contribution in [3.05, 3.63) is 21.4 Å². The summed E-state index contributed by atoms with van der Waals surface area (Å²) >= 11 is 1.55. The molecule has 1 rings (SSSR count). The second-order valence-corrected chi connectivity index (χ2v) is 9.03. The third-order valence-corrected chi connectivity index (χ3v) is 4.01. The lowest BCUT2D eigenvalue weighted by Gasteiger charge is -2.33. The molecule has 1 heterocycles. The lowest BCUT2D eigenvalue weighted by Crippen LogP contribution is -2.47. The number of amides is 1. The minimum absolute atomic E-state index is 0.110. The van der Waals surface area contributed by atoms with Crippen LogP contribution in [-0.4, -0.2) is 24.0 Å². The Balaban J connectivity index is 2.53.